The molecule has 3 aromatic rings. The lowest BCUT2D eigenvalue weighted by molar-refractivity contribution is 0.0741. The smallest absolute Gasteiger partial charge is 0.272 e. The fourth-order valence-electron chi connectivity index (χ4n) is 3.48. The van der Waals surface area contributed by atoms with E-state index in [1.54, 1.807) is 12.3 Å². The molecule has 27 heavy (non-hydrogen) atoms. The number of aryl methyl sites for hydroxylation is 1. The van der Waals surface area contributed by atoms with Gasteiger partial charge < -0.3 is 9.80 Å². The maximum absolute atomic E-state index is 12.8. The van der Waals surface area contributed by atoms with Crippen LogP contribution in [-0.4, -0.2) is 52.2 Å². The Balaban J connectivity index is 1.43. The van der Waals surface area contributed by atoms with E-state index in [9.17, 15) is 4.79 Å². The van der Waals surface area contributed by atoms with Gasteiger partial charge in [0.1, 0.15) is 11.4 Å². The predicted octanol–water partition coefficient (Wildman–Crippen LogP) is 3.05. The van der Waals surface area contributed by atoms with Crippen molar-refractivity contribution in [1.82, 2.24) is 20.1 Å². The van der Waals surface area contributed by atoms with Gasteiger partial charge in [-0.3, -0.25) is 14.9 Å². The second-order valence-electron chi connectivity index (χ2n) is 6.88. The molecule has 0 spiro atoms. The number of carbonyl (C=O) groups excluding carboxylic acids is 1. The van der Waals surface area contributed by atoms with Gasteiger partial charge in [0.2, 0.25) is 0 Å². The van der Waals surface area contributed by atoms with Gasteiger partial charge in [0.25, 0.3) is 5.91 Å². The molecule has 0 aliphatic carbocycles. The summed E-state index contributed by atoms with van der Waals surface area (Å²) in [6.45, 7) is 7.35. The van der Waals surface area contributed by atoms with E-state index in [-0.39, 0.29) is 5.91 Å². The Hall–Kier alpha value is -3.15. The lowest BCUT2D eigenvalue weighted by Gasteiger charge is -2.36. The third kappa shape index (κ3) is 3.43. The fourth-order valence-corrected chi connectivity index (χ4v) is 3.48. The normalized spacial score (nSPS) is 14.4. The van der Waals surface area contributed by atoms with Crippen molar-refractivity contribution >= 4 is 11.6 Å². The van der Waals surface area contributed by atoms with Crippen LogP contribution in [0.1, 0.15) is 21.6 Å². The molecule has 6 heteroatoms. The number of piperazine rings is 1. The van der Waals surface area contributed by atoms with Crippen molar-refractivity contribution in [2.24, 2.45) is 0 Å². The number of aromatic amines is 1. The van der Waals surface area contributed by atoms with Crippen LogP contribution >= 0.6 is 0 Å². The molecule has 0 bridgehead atoms. The molecule has 3 heterocycles. The van der Waals surface area contributed by atoms with Crippen LogP contribution < -0.4 is 4.90 Å². The molecule has 0 unspecified atom stereocenters. The second-order valence-corrected chi connectivity index (χ2v) is 6.88. The van der Waals surface area contributed by atoms with E-state index in [2.05, 4.69) is 52.1 Å². The summed E-state index contributed by atoms with van der Waals surface area (Å²) in [4.78, 5) is 21.3. The summed E-state index contributed by atoms with van der Waals surface area (Å²) in [7, 11) is 0. The Morgan fingerprint density at radius 3 is 2.56 bits per heavy atom. The second kappa shape index (κ2) is 7.23. The number of nitrogens with zero attached hydrogens (tertiary/aromatic N) is 4. The average molecular weight is 361 g/mol. The minimum atomic E-state index is -0.00899. The predicted molar refractivity (Wildman–Crippen MR) is 106 cm³/mol. The molecular formula is C21H23N5O. The van der Waals surface area contributed by atoms with Gasteiger partial charge in [-0.1, -0.05) is 18.2 Å². The SMILES string of the molecule is Cc1cccc(N2CCN(C(=O)c3cc(-c4ccccn4)n[nH]3)CC2)c1C. The molecule has 1 aromatic carbocycles. The number of hydrogen-bond donors (Lipinski definition) is 1. The highest BCUT2D eigenvalue weighted by atomic mass is 16.2. The number of hydrogen-bond acceptors (Lipinski definition) is 4. The molecule has 1 aliphatic heterocycles. The number of pyridine rings is 1. The van der Waals surface area contributed by atoms with Crippen molar-refractivity contribution in [2.75, 3.05) is 31.1 Å². The van der Waals surface area contributed by atoms with E-state index in [1.165, 1.54) is 16.8 Å². The molecule has 1 N–H and O–H groups in total. The summed E-state index contributed by atoms with van der Waals surface area (Å²) < 4.78 is 0. The first-order chi connectivity index (χ1) is 13.1. The lowest BCUT2D eigenvalue weighted by atomic mass is 10.1. The Morgan fingerprint density at radius 1 is 1.00 bits per heavy atom. The molecule has 0 radical (unpaired) electrons. The van der Waals surface area contributed by atoms with E-state index in [4.69, 9.17) is 0 Å². The minimum absolute atomic E-state index is 0.00899. The van der Waals surface area contributed by atoms with Gasteiger partial charge in [-0.2, -0.15) is 5.10 Å². The molecule has 1 fully saturated rings. The van der Waals surface area contributed by atoms with E-state index in [1.807, 2.05) is 23.1 Å². The summed E-state index contributed by atoms with van der Waals surface area (Å²) in [5, 5.41) is 7.11. The summed E-state index contributed by atoms with van der Waals surface area (Å²) in [6.07, 6.45) is 1.72. The molecule has 1 saturated heterocycles. The van der Waals surface area contributed by atoms with Crippen LogP contribution in [-0.2, 0) is 0 Å². The van der Waals surface area contributed by atoms with Crippen LogP contribution in [0.3, 0.4) is 0 Å². The van der Waals surface area contributed by atoms with Crippen molar-refractivity contribution in [3.63, 3.8) is 0 Å². The Morgan fingerprint density at radius 2 is 1.81 bits per heavy atom. The molecule has 1 amide bonds. The number of H-pyrrole nitrogens is 1. The third-order valence-electron chi connectivity index (χ3n) is 5.22. The lowest BCUT2D eigenvalue weighted by Crippen LogP contribution is -2.49. The van der Waals surface area contributed by atoms with Gasteiger partial charge in [0.05, 0.1) is 5.69 Å². The average Bonchev–Trinajstić information content (AvgIpc) is 3.21. The molecule has 4 rings (SSSR count). The highest BCUT2D eigenvalue weighted by Crippen LogP contribution is 2.24. The molecule has 138 valence electrons. The van der Waals surface area contributed by atoms with Gasteiger partial charge in [-0.15, -0.1) is 0 Å². The van der Waals surface area contributed by atoms with Crippen LogP contribution in [0.4, 0.5) is 5.69 Å². The van der Waals surface area contributed by atoms with Gasteiger partial charge in [0, 0.05) is 38.1 Å². The molecule has 0 atom stereocenters. The summed E-state index contributed by atoms with van der Waals surface area (Å²) >= 11 is 0. The van der Waals surface area contributed by atoms with Crippen LogP contribution in [0.2, 0.25) is 0 Å². The Bertz CT molecular complexity index is 942. The van der Waals surface area contributed by atoms with Crippen molar-refractivity contribution in [1.29, 1.82) is 0 Å². The molecule has 1 aliphatic rings. The van der Waals surface area contributed by atoms with Crippen molar-refractivity contribution < 1.29 is 4.79 Å². The zero-order valence-electron chi connectivity index (χ0n) is 15.6. The zero-order chi connectivity index (χ0) is 18.8. The number of amides is 1. The van der Waals surface area contributed by atoms with Gasteiger partial charge in [-0.25, -0.2) is 0 Å². The van der Waals surface area contributed by atoms with Gasteiger partial charge in [-0.05, 0) is 49.2 Å². The zero-order valence-corrected chi connectivity index (χ0v) is 15.6. The first-order valence-electron chi connectivity index (χ1n) is 9.21. The Kier molecular flexibility index (Phi) is 4.62. The highest BCUT2D eigenvalue weighted by molar-refractivity contribution is 5.93. The van der Waals surface area contributed by atoms with Crippen LogP contribution in [0.25, 0.3) is 11.4 Å². The number of carbonyl (C=O) groups is 1. The third-order valence-corrected chi connectivity index (χ3v) is 5.22. The molecular weight excluding hydrogens is 338 g/mol. The van der Waals surface area contributed by atoms with E-state index in [0.29, 0.717) is 24.5 Å². The number of nitrogens with one attached hydrogen (secondary N) is 1. The van der Waals surface area contributed by atoms with Crippen molar-refractivity contribution in [3.8, 4) is 11.4 Å². The fraction of sp³-hybridized carbons (Fsp3) is 0.286. The first kappa shape index (κ1) is 17.3. The molecule has 2 aromatic heterocycles. The van der Waals surface area contributed by atoms with Gasteiger partial charge in [0.15, 0.2) is 0 Å². The first-order valence-corrected chi connectivity index (χ1v) is 9.21. The maximum atomic E-state index is 12.8. The monoisotopic (exact) mass is 361 g/mol. The molecule has 0 saturated carbocycles. The van der Waals surface area contributed by atoms with E-state index in [0.717, 1.165) is 18.8 Å². The van der Waals surface area contributed by atoms with Crippen LogP contribution in [0.5, 0.6) is 0 Å². The van der Waals surface area contributed by atoms with E-state index < -0.39 is 0 Å². The van der Waals surface area contributed by atoms with Crippen LogP contribution in [0, 0.1) is 13.8 Å². The largest absolute Gasteiger partial charge is 0.368 e. The molecule has 6 nitrogen and oxygen atoms in total. The summed E-state index contributed by atoms with van der Waals surface area (Å²) in [5.41, 5.74) is 5.83. The van der Waals surface area contributed by atoms with E-state index >= 15 is 0 Å². The number of rotatable bonds is 3. The number of benzene rings is 1. The quantitative estimate of drug-likeness (QED) is 0.779. The van der Waals surface area contributed by atoms with Crippen LogP contribution in [0.15, 0.2) is 48.7 Å². The van der Waals surface area contributed by atoms with Gasteiger partial charge >= 0.3 is 0 Å². The maximum Gasteiger partial charge on any atom is 0.272 e. The highest BCUT2D eigenvalue weighted by Gasteiger charge is 2.24. The minimum Gasteiger partial charge on any atom is -0.368 e. The topological polar surface area (TPSA) is 65.1 Å². The summed E-state index contributed by atoms with van der Waals surface area (Å²) in [5.74, 6) is -0.00899. The number of anilines is 1. The number of aromatic nitrogens is 3. The summed E-state index contributed by atoms with van der Waals surface area (Å²) in [6, 6.07) is 13.8. The standard InChI is InChI=1S/C21H23N5O/c1-15-6-5-8-20(16(15)2)25-10-12-26(13-11-25)21(27)19-14-18(23-24-19)17-7-3-4-9-22-17/h3-9,14H,10-13H2,1-2H3,(H,23,24). The van der Waals surface area contributed by atoms with Crippen molar-refractivity contribution in [2.45, 2.75) is 13.8 Å². The Labute approximate surface area is 158 Å². The van der Waals surface area contributed by atoms with Crippen molar-refractivity contribution in [3.05, 3.63) is 65.5 Å².